The molecule has 2 aromatic carbocycles. The van der Waals surface area contributed by atoms with Crippen LogP contribution in [0.5, 0.6) is 0 Å². The molecule has 0 aliphatic carbocycles. The summed E-state index contributed by atoms with van der Waals surface area (Å²) in [4.78, 5) is 11.1. The molecule has 3 aromatic rings. The molecule has 0 atom stereocenters. The smallest absolute Gasteiger partial charge is 0.128 e. The van der Waals surface area contributed by atoms with E-state index in [0.717, 1.165) is 72.0 Å². The summed E-state index contributed by atoms with van der Waals surface area (Å²) >= 11 is 0. The summed E-state index contributed by atoms with van der Waals surface area (Å²) in [5.41, 5.74) is 12.3. The summed E-state index contributed by atoms with van der Waals surface area (Å²) < 4.78 is 0. The molecule has 1 aromatic heterocycles. The third kappa shape index (κ3) is 5.04. The Morgan fingerprint density at radius 2 is 1.94 bits per heavy atom. The number of rotatable bonds is 6. The Morgan fingerprint density at radius 3 is 2.73 bits per heavy atom. The van der Waals surface area contributed by atoms with Gasteiger partial charge < -0.3 is 21.3 Å². The van der Waals surface area contributed by atoms with E-state index in [2.05, 4.69) is 32.7 Å². The Balaban J connectivity index is 1.63. The van der Waals surface area contributed by atoms with E-state index < -0.39 is 0 Å². The molecule has 0 bridgehead atoms. The van der Waals surface area contributed by atoms with Crippen LogP contribution in [0.25, 0.3) is 0 Å². The molecule has 1 fully saturated rings. The molecule has 1 saturated heterocycles. The second kappa shape index (κ2) is 10.3. The molecule has 0 radical (unpaired) electrons. The largest absolute Gasteiger partial charge is 0.398 e. The third-order valence-electron chi connectivity index (χ3n) is 5.89. The van der Waals surface area contributed by atoms with Gasteiger partial charge in [-0.25, -0.2) is 4.98 Å². The normalized spacial score (nSPS) is 14.3. The summed E-state index contributed by atoms with van der Waals surface area (Å²) in [6, 6.07) is 15.7. The highest BCUT2D eigenvalue weighted by Gasteiger charge is 2.17. The van der Waals surface area contributed by atoms with Crippen molar-refractivity contribution < 1.29 is 0 Å². The fraction of sp³-hybridized carbons (Fsp3) is 0.269. The topological polar surface area (TPSA) is 102 Å². The van der Waals surface area contributed by atoms with Crippen LogP contribution in [-0.2, 0) is 0 Å². The maximum atomic E-state index is 8.99. The number of nitrogens with zero attached hydrogens (tertiary/aromatic N) is 3. The Bertz CT molecular complexity index is 1140. The predicted octanol–water partition coefficient (Wildman–Crippen LogP) is 3.98. The summed E-state index contributed by atoms with van der Waals surface area (Å²) in [5, 5.41) is 15.9. The van der Waals surface area contributed by atoms with Crippen molar-refractivity contribution in [3.05, 3.63) is 77.0 Å². The molecule has 170 valence electrons. The Morgan fingerprint density at radius 1 is 1.12 bits per heavy atom. The highest BCUT2D eigenvalue weighted by molar-refractivity contribution is 6.18. The summed E-state index contributed by atoms with van der Waals surface area (Å²) in [6.45, 7) is 6.04. The van der Waals surface area contributed by atoms with Gasteiger partial charge in [0.2, 0.25) is 0 Å². The van der Waals surface area contributed by atoms with Crippen LogP contribution in [0.4, 0.5) is 22.9 Å². The number of pyridine rings is 1. The van der Waals surface area contributed by atoms with Crippen LogP contribution >= 0.6 is 0 Å². The lowest BCUT2D eigenvalue weighted by Gasteiger charge is -2.21. The van der Waals surface area contributed by atoms with E-state index in [-0.39, 0.29) is 0 Å². The standard InChI is InChI=1S/C26H31N7/c1-18-6-3-8-21(25(28)20-7-4-9-23(27)22(20)17-29-2)26(18)32-19-10-11-24(31-16-19)33-14-5-12-30-13-15-33/h3-4,6-11,16-17,28,30,32H,5,12-15,27H2,1-2H3. The highest BCUT2D eigenvalue weighted by Crippen LogP contribution is 2.29. The minimum Gasteiger partial charge on any atom is -0.398 e. The van der Waals surface area contributed by atoms with Crippen molar-refractivity contribution in [3.8, 4) is 0 Å². The first-order valence-corrected chi connectivity index (χ1v) is 11.3. The zero-order valence-corrected chi connectivity index (χ0v) is 19.2. The van der Waals surface area contributed by atoms with Crippen molar-refractivity contribution in [2.24, 2.45) is 4.99 Å². The van der Waals surface area contributed by atoms with Gasteiger partial charge in [0, 0.05) is 55.3 Å². The molecule has 0 amide bonds. The van der Waals surface area contributed by atoms with Gasteiger partial charge >= 0.3 is 0 Å². The molecule has 0 saturated carbocycles. The third-order valence-corrected chi connectivity index (χ3v) is 5.89. The number of para-hydroxylation sites is 1. The van der Waals surface area contributed by atoms with Gasteiger partial charge in [0.15, 0.2) is 0 Å². The van der Waals surface area contributed by atoms with Crippen LogP contribution in [0.15, 0.2) is 59.7 Å². The molecule has 33 heavy (non-hydrogen) atoms. The molecule has 2 heterocycles. The number of anilines is 4. The number of nitrogens with two attached hydrogens (primary N) is 1. The fourth-order valence-corrected chi connectivity index (χ4v) is 4.13. The van der Waals surface area contributed by atoms with Gasteiger partial charge in [-0.1, -0.05) is 30.3 Å². The number of hydrogen-bond donors (Lipinski definition) is 4. The molecular weight excluding hydrogens is 410 g/mol. The molecule has 0 unspecified atom stereocenters. The molecule has 5 N–H and O–H groups in total. The number of aryl methyl sites for hydroxylation is 1. The van der Waals surface area contributed by atoms with Crippen molar-refractivity contribution in [1.82, 2.24) is 10.3 Å². The quantitative estimate of drug-likeness (QED) is 0.342. The second-order valence-electron chi connectivity index (χ2n) is 8.19. The molecular formula is C26H31N7. The van der Waals surface area contributed by atoms with Gasteiger partial charge in [-0.3, -0.25) is 10.4 Å². The SMILES string of the molecule is CN=Cc1c(N)cccc1C(=N)c1cccc(C)c1Nc1ccc(N2CCCNCC2)nc1. The van der Waals surface area contributed by atoms with Crippen molar-refractivity contribution in [2.45, 2.75) is 13.3 Å². The van der Waals surface area contributed by atoms with Gasteiger partial charge in [0.05, 0.1) is 23.3 Å². The van der Waals surface area contributed by atoms with Crippen LogP contribution in [0, 0.1) is 12.3 Å². The van der Waals surface area contributed by atoms with Crippen LogP contribution in [0.2, 0.25) is 0 Å². The second-order valence-corrected chi connectivity index (χ2v) is 8.19. The Labute approximate surface area is 195 Å². The molecule has 0 spiro atoms. The fourth-order valence-electron chi connectivity index (χ4n) is 4.13. The van der Waals surface area contributed by atoms with Gasteiger partial charge in [-0.05, 0) is 43.7 Å². The van der Waals surface area contributed by atoms with E-state index in [1.807, 2.05) is 49.5 Å². The van der Waals surface area contributed by atoms with Crippen LogP contribution in [-0.4, -0.2) is 50.1 Å². The van der Waals surface area contributed by atoms with E-state index in [1.54, 1.807) is 13.3 Å². The van der Waals surface area contributed by atoms with Crippen LogP contribution < -0.4 is 21.3 Å². The van der Waals surface area contributed by atoms with Crippen molar-refractivity contribution in [2.75, 3.05) is 49.2 Å². The van der Waals surface area contributed by atoms with E-state index in [0.29, 0.717) is 11.4 Å². The minimum atomic E-state index is 0.394. The molecule has 7 nitrogen and oxygen atoms in total. The highest BCUT2D eigenvalue weighted by atomic mass is 15.2. The Hall–Kier alpha value is -3.71. The first kappa shape index (κ1) is 22.5. The van der Waals surface area contributed by atoms with Crippen LogP contribution in [0.3, 0.4) is 0 Å². The van der Waals surface area contributed by atoms with Crippen molar-refractivity contribution in [3.63, 3.8) is 0 Å². The first-order valence-electron chi connectivity index (χ1n) is 11.3. The van der Waals surface area contributed by atoms with Crippen molar-refractivity contribution in [1.29, 1.82) is 5.41 Å². The first-order chi connectivity index (χ1) is 16.1. The number of benzene rings is 2. The number of aromatic nitrogens is 1. The lowest BCUT2D eigenvalue weighted by Crippen LogP contribution is -2.28. The molecule has 1 aliphatic rings. The van der Waals surface area contributed by atoms with Crippen LogP contribution in [0.1, 0.15) is 28.7 Å². The summed E-state index contributed by atoms with van der Waals surface area (Å²) in [7, 11) is 1.71. The zero-order chi connectivity index (χ0) is 23.2. The van der Waals surface area contributed by atoms with Gasteiger partial charge in [0.25, 0.3) is 0 Å². The predicted molar refractivity (Wildman–Crippen MR) is 139 cm³/mol. The zero-order valence-electron chi connectivity index (χ0n) is 19.2. The minimum absolute atomic E-state index is 0.394. The summed E-state index contributed by atoms with van der Waals surface area (Å²) in [6.07, 6.45) is 4.69. The number of aliphatic imine (C=N–C) groups is 1. The van der Waals surface area contributed by atoms with E-state index in [1.165, 1.54) is 0 Å². The maximum absolute atomic E-state index is 8.99. The lowest BCUT2D eigenvalue weighted by molar-refractivity contribution is 0.724. The number of hydrogen-bond acceptors (Lipinski definition) is 7. The van der Waals surface area contributed by atoms with E-state index >= 15 is 0 Å². The molecule has 7 heteroatoms. The van der Waals surface area contributed by atoms with E-state index in [9.17, 15) is 0 Å². The molecule has 1 aliphatic heterocycles. The number of nitrogens with one attached hydrogen (secondary N) is 3. The lowest BCUT2D eigenvalue weighted by atomic mass is 9.94. The average molecular weight is 442 g/mol. The van der Waals surface area contributed by atoms with E-state index in [4.69, 9.17) is 16.1 Å². The summed E-state index contributed by atoms with van der Waals surface area (Å²) in [5.74, 6) is 0.991. The van der Waals surface area contributed by atoms with Gasteiger partial charge in [-0.2, -0.15) is 0 Å². The maximum Gasteiger partial charge on any atom is 0.128 e. The Kier molecular flexibility index (Phi) is 7.00. The average Bonchev–Trinajstić information content (AvgIpc) is 3.11. The molecule has 4 rings (SSSR count). The van der Waals surface area contributed by atoms with Gasteiger partial charge in [0.1, 0.15) is 5.82 Å². The monoisotopic (exact) mass is 441 g/mol. The number of nitrogen functional groups attached to an aromatic ring is 1. The van der Waals surface area contributed by atoms with Crippen molar-refractivity contribution >= 4 is 34.8 Å². The van der Waals surface area contributed by atoms with Gasteiger partial charge in [-0.15, -0.1) is 0 Å².